The van der Waals surface area contributed by atoms with Gasteiger partial charge in [-0.2, -0.15) is 0 Å². The zero-order chi connectivity index (χ0) is 21.8. The van der Waals surface area contributed by atoms with Crippen LogP contribution in [0.2, 0.25) is 0 Å². The van der Waals surface area contributed by atoms with E-state index in [-0.39, 0.29) is 18.4 Å². The molecule has 31 heavy (non-hydrogen) atoms. The van der Waals surface area contributed by atoms with Crippen molar-refractivity contribution in [2.24, 2.45) is 0 Å². The zero-order valence-corrected chi connectivity index (χ0v) is 17.8. The number of benzene rings is 1. The summed E-state index contributed by atoms with van der Waals surface area (Å²) >= 11 is 0. The van der Waals surface area contributed by atoms with Crippen LogP contribution in [0.15, 0.2) is 40.8 Å². The number of aliphatic hydroxyl groups excluding tert-OH is 1. The van der Waals surface area contributed by atoms with Crippen LogP contribution in [0.25, 0.3) is 0 Å². The molecule has 2 amide bonds. The van der Waals surface area contributed by atoms with Gasteiger partial charge in [0.25, 0.3) is 5.91 Å². The first-order valence-corrected chi connectivity index (χ1v) is 10.6. The van der Waals surface area contributed by atoms with Crippen LogP contribution in [-0.2, 0) is 22.7 Å². The number of hydrogen-bond donors (Lipinski definition) is 1. The van der Waals surface area contributed by atoms with Gasteiger partial charge in [0.15, 0.2) is 0 Å². The van der Waals surface area contributed by atoms with Crippen LogP contribution in [-0.4, -0.2) is 76.0 Å². The second-order valence-electron chi connectivity index (χ2n) is 8.83. The van der Waals surface area contributed by atoms with Crippen LogP contribution < -0.4 is 4.74 Å². The normalized spacial score (nSPS) is 25.7. The Labute approximate surface area is 181 Å². The summed E-state index contributed by atoms with van der Waals surface area (Å²) in [6.07, 6.45) is -0.242. The minimum absolute atomic E-state index is 0.129. The number of nitrogens with zero attached hydrogens (tertiary/aromatic N) is 3. The highest BCUT2D eigenvalue weighted by molar-refractivity contribution is 6.06. The van der Waals surface area contributed by atoms with Crippen molar-refractivity contribution in [1.29, 1.82) is 0 Å². The van der Waals surface area contributed by atoms with Crippen molar-refractivity contribution in [3.63, 3.8) is 0 Å². The summed E-state index contributed by atoms with van der Waals surface area (Å²) in [4.78, 5) is 32.2. The van der Waals surface area contributed by atoms with Gasteiger partial charge < -0.3 is 14.3 Å². The van der Waals surface area contributed by atoms with Crippen LogP contribution in [0.1, 0.15) is 23.5 Å². The van der Waals surface area contributed by atoms with Crippen LogP contribution in [0.4, 0.5) is 0 Å². The summed E-state index contributed by atoms with van der Waals surface area (Å²) in [6, 6.07) is 11.0. The lowest BCUT2D eigenvalue weighted by Crippen LogP contribution is -2.81. The van der Waals surface area contributed by atoms with Crippen molar-refractivity contribution < 1.29 is 23.8 Å². The lowest BCUT2D eigenvalue weighted by molar-refractivity contribution is -0.181. The number of rotatable bonds is 5. The Kier molecular flexibility index (Phi) is 4.88. The van der Waals surface area contributed by atoms with Gasteiger partial charge in [0, 0.05) is 26.2 Å². The molecule has 5 rings (SSSR count). The maximum atomic E-state index is 13.6. The summed E-state index contributed by atoms with van der Waals surface area (Å²) in [5.74, 6) is 1.70. The van der Waals surface area contributed by atoms with Crippen LogP contribution in [0.3, 0.4) is 0 Å². The van der Waals surface area contributed by atoms with Gasteiger partial charge in [-0.15, -0.1) is 0 Å². The number of imide groups is 1. The number of aliphatic hydroxyl groups is 1. The van der Waals surface area contributed by atoms with Gasteiger partial charge in [-0.25, -0.2) is 0 Å². The fraction of sp³-hybridized carbons (Fsp3) is 0.478. The van der Waals surface area contributed by atoms with Gasteiger partial charge in [-0.3, -0.25) is 24.3 Å². The molecular weight excluding hydrogens is 398 g/mol. The van der Waals surface area contributed by atoms with Gasteiger partial charge in [0.1, 0.15) is 22.8 Å². The molecule has 1 N–H and O–H groups in total. The van der Waals surface area contributed by atoms with Gasteiger partial charge >= 0.3 is 0 Å². The third-order valence-electron chi connectivity index (χ3n) is 6.64. The number of carbonyl (C=O) groups is 2. The molecule has 0 unspecified atom stereocenters. The molecule has 2 aromatic rings. The van der Waals surface area contributed by atoms with Gasteiger partial charge in [-0.05, 0) is 43.2 Å². The SMILES string of the molecule is COc1cccc(CN2CC3(C2)C(=O)N(Cc2ccc(C)o2)C(=O)[C@@H]2C[C@@H](O)CN23)c1. The number of piperazine rings is 1. The highest BCUT2D eigenvalue weighted by Gasteiger charge is 2.64. The van der Waals surface area contributed by atoms with Crippen molar-refractivity contribution in [3.05, 3.63) is 53.5 Å². The van der Waals surface area contributed by atoms with Crippen LogP contribution >= 0.6 is 0 Å². The summed E-state index contributed by atoms with van der Waals surface area (Å²) < 4.78 is 10.9. The fourth-order valence-corrected chi connectivity index (χ4v) is 5.20. The molecule has 3 aliphatic rings. The average Bonchev–Trinajstić information content (AvgIpc) is 3.32. The zero-order valence-electron chi connectivity index (χ0n) is 17.8. The minimum Gasteiger partial charge on any atom is -0.497 e. The number of aryl methyl sites for hydroxylation is 1. The molecule has 4 heterocycles. The molecule has 0 aliphatic carbocycles. The first-order valence-electron chi connectivity index (χ1n) is 10.6. The number of carbonyl (C=O) groups excluding carboxylic acids is 2. The Hall–Kier alpha value is -2.68. The molecule has 2 atom stereocenters. The fourth-order valence-electron chi connectivity index (χ4n) is 5.20. The van der Waals surface area contributed by atoms with Crippen LogP contribution in [0.5, 0.6) is 5.75 Å². The standard InChI is InChI=1S/C23H27N3O5/c1-15-6-7-19(31-15)12-25-21(28)20-9-17(27)11-26(20)23(22(25)29)13-24(14-23)10-16-4-3-5-18(8-16)30-2/h3-8,17,20,27H,9-14H2,1-2H3/t17-,20+/m1/s1. The maximum Gasteiger partial charge on any atom is 0.252 e. The average molecular weight is 425 g/mol. The Balaban J connectivity index is 1.37. The molecule has 3 fully saturated rings. The van der Waals surface area contributed by atoms with Crippen LogP contribution in [0, 0.1) is 6.92 Å². The van der Waals surface area contributed by atoms with Gasteiger partial charge in [0.2, 0.25) is 5.91 Å². The minimum atomic E-state index is -0.781. The predicted molar refractivity (Wildman–Crippen MR) is 111 cm³/mol. The molecule has 1 aromatic carbocycles. The van der Waals surface area contributed by atoms with Gasteiger partial charge in [0.05, 0.1) is 25.8 Å². The quantitative estimate of drug-likeness (QED) is 0.720. The number of fused-ring (bicyclic) bond motifs is 2. The molecule has 0 radical (unpaired) electrons. The highest BCUT2D eigenvalue weighted by Crippen LogP contribution is 2.41. The number of likely N-dealkylation sites (tertiary alicyclic amines) is 1. The summed E-state index contributed by atoms with van der Waals surface area (Å²) in [7, 11) is 1.64. The van der Waals surface area contributed by atoms with Crippen molar-refractivity contribution >= 4 is 11.8 Å². The molecule has 3 aliphatic heterocycles. The van der Waals surface area contributed by atoms with E-state index in [1.165, 1.54) is 4.90 Å². The first-order chi connectivity index (χ1) is 14.9. The molecule has 1 spiro atoms. The summed E-state index contributed by atoms with van der Waals surface area (Å²) in [5.41, 5.74) is 0.325. The van der Waals surface area contributed by atoms with E-state index in [9.17, 15) is 14.7 Å². The number of methoxy groups -OCH3 is 1. The highest BCUT2D eigenvalue weighted by atomic mass is 16.5. The Morgan fingerprint density at radius 1 is 1.19 bits per heavy atom. The summed E-state index contributed by atoms with van der Waals surface area (Å²) in [5, 5.41) is 10.3. The Bertz CT molecular complexity index is 1010. The predicted octanol–water partition coefficient (Wildman–Crippen LogP) is 1.16. The second-order valence-corrected chi connectivity index (χ2v) is 8.83. The smallest absolute Gasteiger partial charge is 0.252 e. The molecule has 3 saturated heterocycles. The second kappa shape index (κ2) is 7.47. The van der Waals surface area contributed by atoms with E-state index in [2.05, 4.69) is 4.90 Å². The number of amides is 2. The monoisotopic (exact) mass is 425 g/mol. The lowest BCUT2D eigenvalue weighted by atomic mass is 9.82. The van der Waals surface area contributed by atoms with Crippen molar-refractivity contribution in [3.8, 4) is 5.75 Å². The van der Waals surface area contributed by atoms with E-state index in [0.717, 1.165) is 17.1 Å². The number of ether oxygens (including phenoxy) is 1. The Morgan fingerprint density at radius 3 is 2.71 bits per heavy atom. The molecule has 8 heteroatoms. The molecule has 0 saturated carbocycles. The summed E-state index contributed by atoms with van der Waals surface area (Å²) in [6.45, 7) is 4.05. The van der Waals surface area contributed by atoms with Gasteiger partial charge in [-0.1, -0.05) is 12.1 Å². The number of hydrogen-bond acceptors (Lipinski definition) is 7. The molecule has 0 bridgehead atoms. The van der Waals surface area contributed by atoms with Crippen molar-refractivity contribution in [2.75, 3.05) is 26.7 Å². The maximum absolute atomic E-state index is 13.6. The largest absolute Gasteiger partial charge is 0.497 e. The van der Waals surface area contributed by atoms with Crippen molar-refractivity contribution in [1.82, 2.24) is 14.7 Å². The van der Waals surface area contributed by atoms with E-state index < -0.39 is 17.7 Å². The Morgan fingerprint density at radius 2 is 2.00 bits per heavy atom. The molecule has 1 aromatic heterocycles. The van der Waals surface area contributed by atoms with E-state index in [1.54, 1.807) is 13.2 Å². The van der Waals surface area contributed by atoms with E-state index in [0.29, 0.717) is 38.4 Å². The topological polar surface area (TPSA) is 86.5 Å². The third kappa shape index (κ3) is 3.35. The van der Waals surface area contributed by atoms with E-state index in [1.807, 2.05) is 42.2 Å². The third-order valence-corrected chi connectivity index (χ3v) is 6.64. The number of furan rings is 1. The molecule has 8 nitrogen and oxygen atoms in total. The molecule has 164 valence electrons. The number of β-amino-alcohol motifs (C(OH)–C–C–N with tert-alkyl or cyclic N) is 1. The van der Waals surface area contributed by atoms with E-state index >= 15 is 0 Å². The van der Waals surface area contributed by atoms with Crippen molar-refractivity contribution in [2.45, 2.75) is 44.1 Å². The molecular formula is C23H27N3O5. The van der Waals surface area contributed by atoms with E-state index in [4.69, 9.17) is 9.15 Å². The lowest BCUT2D eigenvalue weighted by Gasteiger charge is -2.58. The first kappa shape index (κ1) is 20.2.